The Hall–Kier alpha value is -1.44. The van der Waals surface area contributed by atoms with E-state index in [0.29, 0.717) is 25.9 Å². The summed E-state index contributed by atoms with van der Waals surface area (Å²) < 4.78 is 27.3. The fraction of sp³-hybridized carbons (Fsp3) is 0.462. The maximum absolute atomic E-state index is 11.9. The van der Waals surface area contributed by atoms with E-state index >= 15 is 0 Å². The average molecular weight is 295 g/mol. The smallest absolute Gasteiger partial charge is 0.299 e. The highest BCUT2D eigenvalue weighted by atomic mass is 32.2. The van der Waals surface area contributed by atoms with Gasteiger partial charge in [-0.05, 0) is 18.4 Å². The van der Waals surface area contributed by atoms with Crippen LogP contribution < -0.4 is 9.44 Å². The largest absolute Gasteiger partial charge is 0.302 e. The summed E-state index contributed by atoms with van der Waals surface area (Å²) in [4.78, 5) is 14.1. The Kier molecular flexibility index (Phi) is 3.27. The second-order valence-corrected chi connectivity index (χ2v) is 6.80. The van der Waals surface area contributed by atoms with Crippen molar-refractivity contribution >= 4 is 16.1 Å². The van der Waals surface area contributed by atoms with E-state index < -0.39 is 21.7 Å². The van der Waals surface area contributed by atoms with Gasteiger partial charge in [0, 0.05) is 19.6 Å². The lowest BCUT2D eigenvalue weighted by Crippen LogP contribution is -2.54. The number of amides is 1. The van der Waals surface area contributed by atoms with Gasteiger partial charge in [0.15, 0.2) is 0 Å². The number of benzene rings is 1. The summed E-state index contributed by atoms with van der Waals surface area (Å²) >= 11 is 0. The summed E-state index contributed by atoms with van der Waals surface area (Å²) in [5.41, 5.74) is 0.284. The van der Waals surface area contributed by atoms with Gasteiger partial charge in [-0.1, -0.05) is 30.3 Å². The Morgan fingerprint density at radius 2 is 1.80 bits per heavy atom. The lowest BCUT2D eigenvalue weighted by molar-refractivity contribution is -0.125. The predicted octanol–water partition coefficient (Wildman–Crippen LogP) is -0.0146. The van der Waals surface area contributed by atoms with Crippen molar-refractivity contribution in [2.24, 2.45) is 0 Å². The molecule has 20 heavy (non-hydrogen) atoms. The van der Waals surface area contributed by atoms with Crippen LogP contribution in [0.15, 0.2) is 30.3 Å². The quantitative estimate of drug-likeness (QED) is 0.804. The third-order valence-electron chi connectivity index (χ3n) is 3.95. The van der Waals surface area contributed by atoms with Gasteiger partial charge in [-0.3, -0.25) is 9.69 Å². The van der Waals surface area contributed by atoms with Crippen LogP contribution in [0, 0.1) is 0 Å². The van der Waals surface area contributed by atoms with Crippen molar-refractivity contribution in [1.82, 2.24) is 14.3 Å². The molecule has 2 saturated heterocycles. The number of nitrogens with one attached hydrogen (secondary N) is 2. The highest BCUT2D eigenvalue weighted by Gasteiger charge is 2.50. The predicted molar refractivity (Wildman–Crippen MR) is 73.9 cm³/mol. The minimum absolute atomic E-state index is 0.420. The van der Waals surface area contributed by atoms with Gasteiger partial charge in [0.05, 0.1) is 0 Å². The number of piperidine rings is 1. The highest BCUT2D eigenvalue weighted by Crippen LogP contribution is 2.27. The fourth-order valence-electron chi connectivity index (χ4n) is 2.81. The van der Waals surface area contributed by atoms with Crippen LogP contribution in [0.25, 0.3) is 0 Å². The van der Waals surface area contributed by atoms with Crippen LogP contribution in [0.2, 0.25) is 0 Å². The molecule has 0 bridgehead atoms. The van der Waals surface area contributed by atoms with E-state index in [1.807, 2.05) is 22.9 Å². The Balaban J connectivity index is 1.64. The van der Waals surface area contributed by atoms with Gasteiger partial charge < -0.3 is 0 Å². The van der Waals surface area contributed by atoms with Gasteiger partial charge >= 0.3 is 10.2 Å². The lowest BCUT2D eigenvalue weighted by Gasteiger charge is -2.36. The maximum Gasteiger partial charge on any atom is 0.302 e. The molecule has 2 heterocycles. The first-order valence-corrected chi connectivity index (χ1v) is 8.10. The molecular formula is C13H17N3O3S. The first kappa shape index (κ1) is 13.5. The van der Waals surface area contributed by atoms with Gasteiger partial charge in [0.25, 0.3) is 5.91 Å². The molecule has 2 aliphatic rings. The number of carbonyl (C=O) groups excluding carboxylic acids is 1. The number of rotatable bonds is 2. The number of carbonyl (C=O) groups is 1. The molecule has 2 aliphatic heterocycles. The van der Waals surface area contributed by atoms with E-state index in [1.54, 1.807) is 0 Å². The van der Waals surface area contributed by atoms with Gasteiger partial charge in [0.1, 0.15) is 5.54 Å². The van der Waals surface area contributed by atoms with Crippen LogP contribution in [-0.4, -0.2) is 37.9 Å². The zero-order valence-corrected chi connectivity index (χ0v) is 11.8. The van der Waals surface area contributed by atoms with Gasteiger partial charge in [-0.15, -0.1) is 0 Å². The van der Waals surface area contributed by atoms with Crippen molar-refractivity contribution in [2.75, 3.05) is 13.1 Å². The Morgan fingerprint density at radius 1 is 1.15 bits per heavy atom. The van der Waals surface area contributed by atoms with Crippen LogP contribution in [-0.2, 0) is 21.5 Å². The van der Waals surface area contributed by atoms with Crippen LogP contribution in [0.1, 0.15) is 18.4 Å². The summed E-state index contributed by atoms with van der Waals surface area (Å²) in [5.74, 6) is -0.420. The molecule has 0 aliphatic carbocycles. The zero-order chi connectivity index (χ0) is 14.2. The van der Waals surface area contributed by atoms with Gasteiger partial charge in [-0.25, -0.2) is 4.72 Å². The molecule has 108 valence electrons. The van der Waals surface area contributed by atoms with E-state index in [1.165, 1.54) is 5.56 Å². The molecule has 7 heteroatoms. The second-order valence-electron chi connectivity index (χ2n) is 5.38. The van der Waals surface area contributed by atoms with Crippen LogP contribution in [0.5, 0.6) is 0 Å². The summed E-state index contributed by atoms with van der Waals surface area (Å²) in [6.07, 6.45) is 1.01. The molecule has 1 spiro atoms. The minimum atomic E-state index is -3.65. The van der Waals surface area contributed by atoms with Crippen molar-refractivity contribution in [3.8, 4) is 0 Å². The first-order chi connectivity index (χ1) is 9.49. The summed E-state index contributed by atoms with van der Waals surface area (Å²) in [6.45, 7) is 2.22. The molecule has 6 nitrogen and oxygen atoms in total. The topological polar surface area (TPSA) is 78.5 Å². The maximum atomic E-state index is 11.9. The monoisotopic (exact) mass is 295 g/mol. The summed E-state index contributed by atoms with van der Waals surface area (Å²) in [5, 5.41) is 0. The zero-order valence-electron chi connectivity index (χ0n) is 11.0. The Labute approximate surface area is 118 Å². The molecule has 2 N–H and O–H groups in total. The highest BCUT2D eigenvalue weighted by molar-refractivity contribution is 7.88. The normalized spacial score (nSPS) is 24.7. The van der Waals surface area contributed by atoms with Crippen LogP contribution in [0.4, 0.5) is 0 Å². The van der Waals surface area contributed by atoms with Crippen molar-refractivity contribution in [3.05, 3.63) is 35.9 Å². The van der Waals surface area contributed by atoms with E-state index in [2.05, 4.69) is 21.8 Å². The molecule has 3 rings (SSSR count). The third kappa shape index (κ3) is 2.56. The molecule has 0 unspecified atom stereocenters. The van der Waals surface area contributed by atoms with E-state index in [0.717, 1.165) is 6.54 Å². The Bertz CT molecular complexity index is 607. The van der Waals surface area contributed by atoms with Crippen molar-refractivity contribution < 1.29 is 13.2 Å². The van der Waals surface area contributed by atoms with Crippen molar-refractivity contribution in [2.45, 2.75) is 24.9 Å². The molecule has 2 fully saturated rings. The lowest BCUT2D eigenvalue weighted by atomic mass is 9.88. The molecular weight excluding hydrogens is 278 g/mol. The standard InChI is InChI=1S/C13H17N3O3S/c17-12-13(15-20(18,19)14-12)6-8-16(9-7-13)10-11-4-2-1-3-5-11/h1-5,15H,6-10H2,(H,14,17). The molecule has 1 aromatic rings. The molecule has 0 atom stereocenters. The fourth-order valence-corrected chi connectivity index (χ4v) is 4.11. The summed E-state index contributed by atoms with van der Waals surface area (Å²) in [7, 11) is -3.65. The van der Waals surface area contributed by atoms with Crippen LogP contribution in [0.3, 0.4) is 0 Å². The first-order valence-electron chi connectivity index (χ1n) is 6.62. The van der Waals surface area contributed by atoms with Gasteiger partial charge in [0.2, 0.25) is 0 Å². The molecule has 0 radical (unpaired) electrons. The SMILES string of the molecule is O=C1NS(=O)(=O)NC12CCN(Cc1ccccc1)CC2. The molecule has 0 saturated carbocycles. The van der Waals surface area contributed by atoms with E-state index in [4.69, 9.17) is 0 Å². The second kappa shape index (κ2) is 4.83. The molecule has 0 aromatic heterocycles. The van der Waals surface area contributed by atoms with Crippen LogP contribution >= 0.6 is 0 Å². The molecule has 1 amide bonds. The number of hydrogen-bond acceptors (Lipinski definition) is 4. The van der Waals surface area contributed by atoms with Crippen molar-refractivity contribution in [3.63, 3.8) is 0 Å². The minimum Gasteiger partial charge on any atom is -0.299 e. The molecule has 1 aromatic carbocycles. The number of likely N-dealkylation sites (tertiary alicyclic amines) is 1. The Morgan fingerprint density at radius 3 is 2.35 bits per heavy atom. The van der Waals surface area contributed by atoms with Gasteiger partial charge in [-0.2, -0.15) is 13.1 Å². The number of hydrogen-bond donors (Lipinski definition) is 2. The van der Waals surface area contributed by atoms with Crippen molar-refractivity contribution in [1.29, 1.82) is 0 Å². The third-order valence-corrected chi connectivity index (χ3v) is 5.06. The van der Waals surface area contributed by atoms with E-state index in [9.17, 15) is 13.2 Å². The summed E-state index contributed by atoms with van der Waals surface area (Å²) in [6, 6.07) is 10.1. The average Bonchev–Trinajstić information content (AvgIpc) is 2.63. The van der Waals surface area contributed by atoms with E-state index in [-0.39, 0.29) is 0 Å². The number of nitrogens with zero attached hydrogens (tertiary/aromatic N) is 1.